The maximum absolute atomic E-state index is 12.4. The zero-order valence-corrected chi connectivity index (χ0v) is 20.7. The number of nitrogens with one attached hydrogen (secondary N) is 1. The number of methoxy groups -OCH3 is 1. The predicted molar refractivity (Wildman–Crippen MR) is 131 cm³/mol. The molecule has 0 atom stereocenters. The number of hydrogen-bond acceptors (Lipinski definition) is 7. The minimum absolute atomic E-state index is 0.0391. The van der Waals surface area contributed by atoms with Crippen LogP contribution >= 0.6 is 11.8 Å². The van der Waals surface area contributed by atoms with Gasteiger partial charge in [0.15, 0.2) is 11.0 Å². The van der Waals surface area contributed by atoms with E-state index in [-0.39, 0.29) is 12.4 Å². The van der Waals surface area contributed by atoms with Crippen molar-refractivity contribution >= 4 is 23.6 Å². The van der Waals surface area contributed by atoms with Gasteiger partial charge in [-0.1, -0.05) is 44.7 Å². The first-order valence-corrected chi connectivity index (χ1v) is 12.1. The SMILES string of the molecule is CCc1ccc(OCc2nnc(SCC(=O)NC(=O)c3ccc(OC)cc3)n2CC(C)C)cc1. The van der Waals surface area contributed by atoms with Crippen LogP contribution in [-0.4, -0.2) is 39.4 Å². The molecule has 2 aromatic carbocycles. The normalized spacial score (nSPS) is 10.9. The number of nitrogens with zero attached hydrogens (tertiary/aromatic N) is 3. The average Bonchev–Trinajstić information content (AvgIpc) is 3.22. The molecule has 0 bridgehead atoms. The van der Waals surface area contributed by atoms with Crippen molar-refractivity contribution in [3.8, 4) is 11.5 Å². The molecule has 0 aliphatic carbocycles. The molecular formula is C25H30N4O4S. The van der Waals surface area contributed by atoms with E-state index in [0.717, 1.165) is 12.2 Å². The minimum Gasteiger partial charge on any atom is -0.497 e. The second-order valence-electron chi connectivity index (χ2n) is 8.08. The van der Waals surface area contributed by atoms with Crippen molar-refractivity contribution in [2.45, 2.75) is 45.5 Å². The van der Waals surface area contributed by atoms with Gasteiger partial charge in [0.2, 0.25) is 5.91 Å². The van der Waals surface area contributed by atoms with E-state index in [2.05, 4.69) is 36.3 Å². The van der Waals surface area contributed by atoms with Gasteiger partial charge < -0.3 is 14.0 Å². The largest absolute Gasteiger partial charge is 0.497 e. The third-order valence-electron chi connectivity index (χ3n) is 4.98. The van der Waals surface area contributed by atoms with Crippen LogP contribution in [0.2, 0.25) is 0 Å². The van der Waals surface area contributed by atoms with Crippen LogP contribution in [0.3, 0.4) is 0 Å². The molecule has 9 heteroatoms. The third-order valence-corrected chi connectivity index (χ3v) is 5.94. The van der Waals surface area contributed by atoms with E-state index in [0.29, 0.717) is 34.8 Å². The number of hydrogen-bond donors (Lipinski definition) is 1. The van der Waals surface area contributed by atoms with Crippen LogP contribution in [-0.2, 0) is 24.4 Å². The van der Waals surface area contributed by atoms with Crippen molar-refractivity contribution in [3.05, 3.63) is 65.5 Å². The molecule has 8 nitrogen and oxygen atoms in total. The highest BCUT2D eigenvalue weighted by atomic mass is 32.2. The molecular weight excluding hydrogens is 452 g/mol. The fourth-order valence-corrected chi connectivity index (χ4v) is 3.92. The lowest BCUT2D eigenvalue weighted by Gasteiger charge is -2.13. The van der Waals surface area contributed by atoms with E-state index >= 15 is 0 Å². The van der Waals surface area contributed by atoms with E-state index in [1.165, 1.54) is 17.3 Å². The molecule has 1 N–H and O–H groups in total. The lowest BCUT2D eigenvalue weighted by molar-refractivity contribution is -0.117. The van der Waals surface area contributed by atoms with E-state index < -0.39 is 11.8 Å². The molecule has 180 valence electrons. The van der Waals surface area contributed by atoms with Gasteiger partial charge in [0.25, 0.3) is 5.91 Å². The van der Waals surface area contributed by atoms with Gasteiger partial charge in [-0.05, 0) is 54.3 Å². The molecule has 0 spiro atoms. The highest BCUT2D eigenvalue weighted by molar-refractivity contribution is 7.99. The summed E-state index contributed by atoms with van der Waals surface area (Å²) in [7, 11) is 1.55. The Labute approximate surface area is 204 Å². The topological polar surface area (TPSA) is 95.3 Å². The van der Waals surface area contributed by atoms with Crippen LogP contribution in [0.5, 0.6) is 11.5 Å². The fraction of sp³-hybridized carbons (Fsp3) is 0.360. The van der Waals surface area contributed by atoms with Crippen LogP contribution in [0.4, 0.5) is 0 Å². The second-order valence-corrected chi connectivity index (χ2v) is 9.03. The van der Waals surface area contributed by atoms with Crippen LogP contribution in [0.15, 0.2) is 53.7 Å². The Balaban J connectivity index is 1.59. The van der Waals surface area contributed by atoms with Crippen LogP contribution in [0.1, 0.15) is 42.5 Å². The number of aromatic nitrogens is 3. The highest BCUT2D eigenvalue weighted by Gasteiger charge is 2.17. The maximum Gasteiger partial charge on any atom is 0.257 e. The molecule has 34 heavy (non-hydrogen) atoms. The van der Waals surface area contributed by atoms with E-state index in [1.54, 1.807) is 31.4 Å². The van der Waals surface area contributed by atoms with Gasteiger partial charge in [0.05, 0.1) is 12.9 Å². The Kier molecular flexibility index (Phi) is 9.09. The maximum atomic E-state index is 12.4. The number of aryl methyl sites for hydroxylation is 1. The first-order valence-electron chi connectivity index (χ1n) is 11.1. The van der Waals surface area contributed by atoms with E-state index in [1.807, 2.05) is 28.8 Å². The summed E-state index contributed by atoms with van der Waals surface area (Å²) in [6, 6.07) is 14.5. The monoisotopic (exact) mass is 482 g/mol. The second kappa shape index (κ2) is 12.2. The Morgan fingerprint density at radius 2 is 1.71 bits per heavy atom. The lowest BCUT2D eigenvalue weighted by Crippen LogP contribution is -2.31. The standard InChI is InChI=1S/C25H30N4O4S/c1-5-18-6-10-21(11-7-18)33-15-22-27-28-25(29(22)14-17(2)3)34-16-23(30)26-24(31)19-8-12-20(32-4)13-9-19/h6-13,17H,5,14-16H2,1-4H3,(H,26,30,31). The van der Waals surface area contributed by atoms with Crippen LogP contribution in [0.25, 0.3) is 0 Å². The third kappa shape index (κ3) is 7.08. The minimum atomic E-state index is -0.458. The van der Waals surface area contributed by atoms with Gasteiger partial charge in [0.1, 0.15) is 18.1 Å². The van der Waals surface area contributed by atoms with Crippen molar-refractivity contribution in [2.75, 3.05) is 12.9 Å². The van der Waals surface area contributed by atoms with Crippen LogP contribution in [0, 0.1) is 5.92 Å². The van der Waals surface area contributed by atoms with Crippen molar-refractivity contribution in [3.63, 3.8) is 0 Å². The molecule has 0 aliphatic heterocycles. The summed E-state index contributed by atoms with van der Waals surface area (Å²) in [5.41, 5.74) is 1.63. The zero-order valence-electron chi connectivity index (χ0n) is 19.9. The molecule has 0 radical (unpaired) electrons. The summed E-state index contributed by atoms with van der Waals surface area (Å²) < 4.78 is 13.0. The summed E-state index contributed by atoms with van der Waals surface area (Å²) >= 11 is 1.24. The highest BCUT2D eigenvalue weighted by Crippen LogP contribution is 2.21. The number of thioether (sulfide) groups is 1. The predicted octanol–water partition coefficient (Wildman–Crippen LogP) is 4.13. The molecule has 0 fully saturated rings. The number of amides is 2. The Morgan fingerprint density at radius 3 is 2.32 bits per heavy atom. The number of carbonyl (C=O) groups is 2. The molecule has 1 aromatic heterocycles. The first kappa shape index (κ1) is 25.3. The van der Waals surface area contributed by atoms with Crippen molar-refractivity contribution in [2.24, 2.45) is 5.92 Å². The molecule has 0 aliphatic rings. The number of carbonyl (C=O) groups excluding carboxylic acids is 2. The first-order chi connectivity index (χ1) is 16.4. The average molecular weight is 483 g/mol. The molecule has 3 rings (SSSR count). The summed E-state index contributed by atoms with van der Waals surface area (Å²) in [5, 5.41) is 11.5. The summed E-state index contributed by atoms with van der Waals surface area (Å²) in [5.74, 6) is 1.62. The smallest absolute Gasteiger partial charge is 0.257 e. The van der Waals surface area contributed by atoms with Crippen molar-refractivity contribution in [1.29, 1.82) is 0 Å². The molecule has 0 saturated carbocycles. The Morgan fingerprint density at radius 1 is 1.03 bits per heavy atom. The summed E-state index contributed by atoms with van der Waals surface area (Å²) in [4.78, 5) is 24.7. The Bertz CT molecular complexity index is 1100. The van der Waals surface area contributed by atoms with Crippen molar-refractivity contribution in [1.82, 2.24) is 20.1 Å². The molecule has 1 heterocycles. The van der Waals surface area contributed by atoms with E-state index in [9.17, 15) is 9.59 Å². The van der Waals surface area contributed by atoms with Crippen molar-refractivity contribution < 1.29 is 19.1 Å². The fourth-order valence-electron chi connectivity index (χ4n) is 3.16. The number of rotatable bonds is 11. The Hall–Kier alpha value is -3.33. The van der Waals surface area contributed by atoms with Gasteiger partial charge in [-0.15, -0.1) is 10.2 Å². The number of imide groups is 1. The van der Waals surface area contributed by atoms with Gasteiger partial charge in [0, 0.05) is 12.1 Å². The lowest BCUT2D eigenvalue weighted by atomic mass is 10.2. The van der Waals surface area contributed by atoms with Crippen LogP contribution < -0.4 is 14.8 Å². The van der Waals surface area contributed by atoms with Gasteiger partial charge >= 0.3 is 0 Å². The van der Waals surface area contributed by atoms with E-state index in [4.69, 9.17) is 9.47 Å². The summed E-state index contributed by atoms with van der Waals surface area (Å²) in [6.07, 6.45) is 0.975. The molecule has 2 amide bonds. The van der Waals surface area contributed by atoms with Gasteiger partial charge in [-0.3, -0.25) is 14.9 Å². The summed E-state index contributed by atoms with van der Waals surface area (Å²) in [6.45, 7) is 7.27. The van der Waals surface area contributed by atoms with Gasteiger partial charge in [-0.25, -0.2) is 0 Å². The molecule has 0 saturated heterocycles. The quantitative estimate of drug-likeness (QED) is 0.411. The van der Waals surface area contributed by atoms with Gasteiger partial charge in [-0.2, -0.15) is 0 Å². The molecule has 0 unspecified atom stereocenters. The number of benzene rings is 2. The molecule has 3 aromatic rings. The zero-order chi connectivity index (χ0) is 24.5. The number of ether oxygens (including phenoxy) is 2.